The molecule has 5 rings (SSSR count). The number of hydrazone groups is 1. The molecule has 1 unspecified atom stereocenters. The van der Waals surface area contributed by atoms with E-state index in [1.807, 2.05) is 60.8 Å². The number of azo groups is 1. The molecule has 4 aromatic rings. The van der Waals surface area contributed by atoms with Crippen molar-refractivity contribution in [3.63, 3.8) is 0 Å². The Hall–Kier alpha value is -3.30. The van der Waals surface area contributed by atoms with Crippen molar-refractivity contribution in [3.8, 4) is 11.3 Å². The van der Waals surface area contributed by atoms with Gasteiger partial charge >= 0.3 is 0 Å². The second kappa shape index (κ2) is 7.51. The second-order valence-corrected chi connectivity index (χ2v) is 8.70. The molecule has 1 atom stereocenters. The molecule has 0 saturated carbocycles. The smallest absolute Gasteiger partial charge is 0.269 e. The summed E-state index contributed by atoms with van der Waals surface area (Å²) >= 11 is 2.81. The van der Waals surface area contributed by atoms with Gasteiger partial charge in [0.05, 0.1) is 21.6 Å². The van der Waals surface area contributed by atoms with Gasteiger partial charge in [0.2, 0.25) is 10.3 Å². The second-order valence-electron chi connectivity index (χ2n) is 6.85. The lowest BCUT2D eigenvalue weighted by Crippen LogP contribution is -2.29. The molecule has 30 heavy (non-hydrogen) atoms. The first-order chi connectivity index (χ1) is 14.6. The Morgan fingerprint density at radius 3 is 2.63 bits per heavy atom. The Labute approximate surface area is 180 Å². The maximum atomic E-state index is 12.9. The van der Waals surface area contributed by atoms with Crippen molar-refractivity contribution >= 4 is 54.8 Å². The van der Waals surface area contributed by atoms with E-state index in [9.17, 15) is 4.79 Å². The van der Waals surface area contributed by atoms with Crippen LogP contribution in [0.3, 0.4) is 0 Å². The number of carbonyl (C=O) groups excluding carboxylic acids is 1. The summed E-state index contributed by atoms with van der Waals surface area (Å²) in [6.07, 6.45) is 0. The molecule has 148 valence electrons. The molecule has 9 heteroatoms. The van der Waals surface area contributed by atoms with Crippen molar-refractivity contribution in [1.29, 1.82) is 0 Å². The standard InChI is InChI=1S/C21H16N6OS2/c1-12-7-9-14(10-8-12)16-11-29-21(23-16)27-19(28)18(13(2)26-27)24-25-20-22-15-5-3-4-6-17(15)30-20/h3-11,18H,1-2H3. The van der Waals surface area contributed by atoms with Gasteiger partial charge in [-0.15, -0.1) is 16.5 Å². The lowest BCUT2D eigenvalue weighted by atomic mass is 10.1. The van der Waals surface area contributed by atoms with Gasteiger partial charge in [0.1, 0.15) is 0 Å². The number of para-hydroxylation sites is 1. The highest BCUT2D eigenvalue weighted by atomic mass is 32.1. The van der Waals surface area contributed by atoms with Crippen molar-refractivity contribution < 1.29 is 4.79 Å². The van der Waals surface area contributed by atoms with Gasteiger partial charge in [-0.2, -0.15) is 15.2 Å². The number of amides is 1. The molecule has 1 aliphatic heterocycles. The molecule has 3 heterocycles. The Kier molecular flexibility index (Phi) is 4.68. The molecule has 0 spiro atoms. The van der Waals surface area contributed by atoms with Gasteiger partial charge in [-0.3, -0.25) is 4.79 Å². The molecular weight excluding hydrogens is 416 g/mol. The molecule has 0 N–H and O–H groups in total. The van der Waals surface area contributed by atoms with Gasteiger partial charge < -0.3 is 0 Å². The molecule has 0 aliphatic carbocycles. The zero-order valence-electron chi connectivity index (χ0n) is 16.2. The van der Waals surface area contributed by atoms with Crippen molar-refractivity contribution in [3.05, 3.63) is 59.5 Å². The maximum absolute atomic E-state index is 12.9. The molecule has 0 bridgehead atoms. The summed E-state index contributed by atoms with van der Waals surface area (Å²) < 4.78 is 1.03. The highest BCUT2D eigenvalue weighted by Gasteiger charge is 2.36. The normalized spacial score (nSPS) is 16.7. The van der Waals surface area contributed by atoms with Crippen LogP contribution in [0.4, 0.5) is 10.3 Å². The first kappa shape index (κ1) is 18.7. The Morgan fingerprint density at radius 2 is 1.83 bits per heavy atom. The summed E-state index contributed by atoms with van der Waals surface area (Å²) in [5.74, 6) is -0.262. The van der Waals surface area contributed by atoms with E-state index in [0.717, 1.165) is 21.5 Å². The van der Waals surface area contributed by atoms with E-state index in [4.69, 9.17) is 0 Å². The third kappa shape index (κ3) is 3.42. The van der Waals surface area contributed by atoms with Crippen molar-refractivity contribution in [2.24, 2.45) is 15.3 Å². The third-order valence-electron chi connectivity index (χ3n) is 4.66. The number of anilines is 1. The van der Waals surface area contributed by atoms with E-state index >= 15 is 0 Å². The molecule has 0 fully saturated rings. The average Bonchev–Trinajstić information content (AvgIpc) is 3.45. The Morgan fingerprint density at radius 1 is 1.03 bits per heavy atom. The molecule has 0 radical (unpaired) electrons. The number of aryl methyl sites for hydroxylation is 1. The van der Waals surface area contributed by atoms with Gasteiger partial charge in [-0.25, -0.2) is 9.97 Å². The predicted octanol–water partition coefficient (Wildman–Crippen LogP) is 5.60. The minimum Gasteiger partial charge on any atom is -0.269 e. The molecule has 2 aromatic carbocycles. The molecular formula is C21H16N6OS2. The number of benzene rings is 2. The summed E-state index contributed by atoms with van der Waals surface area (Å²) in [7, 11) is 0. The van der Waals surface area contributed by atoms with Crippen LogP contribution in [0.2, 0.25) is 0 Å². The maximum Gasteiger partial charge on any atom is 0.282 e. The van der Waals surface area contributed by atoms with E-state index in [0.29, 0.717) is 16.0 Å². The molecule has 0 saturated heterocycles. The van der Waals surface area contributed by atoms with E-state index in [1.165, 1.54) is 33.2 Å². The number of aromatic nitrogens is 2. The zero-order valence-corrected chi connectivity index (χ0v) is 17.8. The number of nitrogens with zero attached hydrogens (tertiary/aromatic N) is 6. The van der Waals surface area contributed by atoms with Crippen molar-refractivity contribution in [2.75, 3.05) is 5.01 Å². The van der Waals surface area contributed by atoms with E-state index in [-0.39, 0.29) is 5.91 Å². The fourth-order valence-corrected chi connectivity index (χ4v) is 4.64. The largest absolute Gasteiger partial charge is 0.282 e. The summed E-state index contributed by atoms with van der Waals surface area (Å²) in [4.78, 5) is 21.9. The van der Waals surface area contributed by atoms with Crippen LogP contribution in [0.25, 0.3) is 21.5 Å². The number of rotatable bonds is 4. The van der Waals surface area contributed by atoms with Crippen LogP contribution in [-0.4, -0.2) is 27.6 Å². The van der Waals surface area contributed by atoms with Gasteiger partial charge in [-0.05, 0) is 26.0 Å². The molecule has 1 aliphatic rings. The van der Waals surface area contributed by atoms with Gasteiger partial charge in [0, 0.05) is 10.9 Å². The fourth-order valence-electron chi connectivity index (χ4n) is 3.05. The van der Waals surface area contributed by atoms with Crippen LogP contribution in [0.5, 0.6) is 0 Å². The summed E-state index contributed by atoms with van der Waals surface area (Å²) in [6.45, 7) is 3.81. The summed E-state index contributed by atoms with van der Waals surface area (Å²) in [6, 6.07) is 15.1. The first-order valence-electron chi connectivity index (χ1n) is 9.26. The topological polar surface area (TPSA) is 83.2 Å². The zero-order chi connectivity index (χ0) is 20.7. The highest BCUT2D eigenvalue weighted by Crippen LogP contribution is 2.32. The van der Waals surface area contributed by atoms with Gasteiger partial charge in [0.15, 0.2) is 6.04 Å². The van der Waals surface area contributed by atoms with Crippen LogP contribution in [0.1, 0.15) is 12.5 Å². The lowest BCUT2D eigenvalue weighted by Gasteiger charge is -2.07. The van der Waals surface area contributed by atoms with Crippen LogP contribution in [0, 0.1) is 6.92 Å². The first-order valence-corrected chi connectivity index (χ1v) is 11.0. The SMILES string of the molecule is CC1=NN(c2nc(-c3ccc(C)cc3)cs2)C(=O)C1N=Nc1nc2ccccc2s1. The van der Waals surface area contributed by atoms with Gasteiger partial charge in [0.25, 0.3) is 5.91 Å². The molecule has 2 aromatic heterocycles. The van der Waals surface area contributed by atoms with Crippen LogP contribution in [0.15, 0.2) is 69.2 Å². The summed E-state index contributed by atoms with van der Waals surface area (Å²) in [5, 5.41) is 17.1. The monoisotopic (exact) mass is 432 g/mol. The number of fused-ring (bicyclic) bond motifs is 1. The number of thiazole rings is 2. The van der Waals surface area contributed by atoms with Crippen molar-refractivity contribution in [2.45, 2.75) is 19.9 Å². The fraction of sp³-hybridized carbons (Fsp3) is 0.143. The van der Waals surface area contributed by atoms with Crippen molar-refractivity contribution in [1.82, 2.24) is 9.97 Å². The third-order valence-corrected chi connectivity index (χ3v) is 6.39. The number of hydrogen-bond donors (Lipinski definition) is 0. The quantitative estimate of drug-likeness (QED) is 0.393. The predicted molar refractivity (Wildman–Crippen MR) is 121 cm³/mol. The average molecular weight is 433 g/mol. The highest BCUT2D eigenvalue weighted by molar-refractivity contribution is 7.21. The van der Waals surface area contributed by atoms with Crippen LogP contribution < -0.4 is 5.01 Å². The number of hydrogen-bond acceptors (Lipinski definition) is 8. The number of carbonyl (C=O) groups is 1. The van der Waals surface area contributed by atoms with Gasteiger partial charge in [-0.1, -0.05) is 53.3 Å². The van der Waals surface area contributed by atoms with E-state index < -0.39 is 6.04 Å². The van der Waals surface area contributed by atoms with Crippen LogP contribution in [-0.2, 0) is 4.79 Å². The minimum atomic E-state index is -0.760. The minimum absolute atomic E-state index is 0.262. The van der Waals surface area contributed by atoms with Crippen LogP contribution >= 0.6 is 22.7 Å². The van der Waals surface area contributed by atoms with E-state index in [1.54, 1.807) is 6.92 Å². The Balaban J connectivity index is 1.36. The lowest BCUT2D eigenvalue weighted by molar-refractivity contribution is -0.117. The molecule has 1 amide bonds. The van der Waals surface area contributed by atoms with E-state index in [2.05, 4.69) is 25.3 Å². The molecule has 7 nitrogen and oxygen atoms in total. The summed E-state index contributed by atoms with van der Waals surface area (Å²) in [5.41, 5.74) is 4.45. The Bertz CT molecular complexity index is 1270.